The molecule has 0 spiro atoms. The van der Waals surface area contributed by atoms with E-state index in [-0.39, 0.29) is 58.1 Å². The molecule has 14 heteroatoms. The van der Waals surface area contributed by atoms with Gasteiger partial charge in [-0.15, -0.1) is 0 Å². The van der Waals surface area contributed by atoms with Crippen molar-refractivity contribution in [1.29, 1.82) is 5.26 Å². The summed E-state index contributed by atoms with van der Waals surface area (Å²) in [6, 6.07) is 13.9. The van der Waals surface area contributed by atoms with E-state index in [1.807, 2.05) is 6.07 Å². The summed E-state index contributed by atoms with van der Waals surface area (Å²) in [5.74, 6) is -2.45. The zero-order valence-electron chi connectivity index (χ0n) is 25.4. The summed E-state index contributed by atoms with van der Waals surface area (Å²) in [4.78, 5) is 36.8. The molecular formula is C34H27ClF2N6O5. The van der Waals surface area contributed by atoms with Gasteiger partial charge in [0.05, 0.1) is 46.0 Å². The van der Waals surface area contributed by atoms with Gasteiger partial charge in [0.2, 0.25) is 5.88 Å². The number of hydrogen-bond acceptors (Lipinski definition) is 8. The first-order chi connectivity index (χ1) is 23.1. The Kier molecular flexibility index (Phi) is 9.29. The molecule has 2 atom stereocenters. The van der Waals surface area contributed by atoms with Gasteiger partial charge in [-0.05, 0) is 61.4 Å². The van der Waals surface area contributed by atoms with Crippen LogP contribution in [0.15, 0.2) is 60.8 Å². The third-order valence-corrected chi connectivity index (χ3v) is 8.17. The first-order valence-corrected chi connectivity index (χ1v) is 15.2. The summed E-state index contributed by atoms with van der Waals surface area (Å²) in [6.45, 7) is 2.48. The maximum absolute atomic E-state index is 15.6. The van der Waals surface area contributed by atoms with Crippen molar-refractivity contribution in [2.75, 3.05) is 6.61 Å². The van der Waals surface area contributed by atoms with E-state index in [4.69, 9.17) is 26.3 Å². The lowest BCUT2D eigenvalue weighted by Gasteiger charge is -2.27. The van der Waals surface area contributed by atoms with E-state index < -0.39 is 29.6 Å². The first-order valence-electron chi connectivity index (χ1n) is 14.9. The molecule has 1 fully saturated rings. The largest absolute Gasteiger partial charge is 0.478 e. The molecule has 1 saturated heterocycles. The lowest BCUT2D eigenvalue weighted by Crippen LogP contribution is -2.31. The third-order valence-electron chi connectivity index (χ3n) is 7.82. The number of carboxylic acids is 1. The molecule has 1 aliphatic heterocycles. The summed E-state index contributed by atoms with van der Waals surface area (Å²) >= 11 is 6.32. The Bertz CT molecular complexity index is 2090. The summed E-state index contributed by atoms with van der Waals surface area (Å²) in [5.41, 5.74) is 1.80. The van der Waals surface area contributed by atoms with Crippen LogP contribution in [0, 0.1) is 23.0 Å². The number of nitrogens with zero attached hydrogens (tertiary/aromatic N) is 5. The van der Waals surface area contributed by atoms with Crippen molar-refractivity contribution in [3.63, 3.8) is 0 Å². The minimum Gasteiger partial charge on any atom is -0.478 e. The van der Waals surface area contributed by atoms with Crippen LogP contribution >= 0.6 is 11.6 Å². The molecule has 244 valence electrons. The molecule has 3 aromatic heterocycles. The normalized spacial score (nSPS) is 14.6. The molecule has 6 rings (SSSR count). The average molecular weight is 673 g/mol. The Morgan fingerprint density at radius 2 is 1.98 bits per heavy atom. The molecule has 0 radical (unpaired) electrons. The Hall–Kier alpha value is -5.45. The van der Waals surface area contributed by atoms with Crippen LogP contribution in [-0.4, -0.2) is 55.3 Å². The topological polar surface area (TPSA) is 152 Å². The molecule has 2 aromatic carbocycles. The molecule has 1 aliphatic rings. The number of carbonyl (C=O) groups excluding carboxylic acids is 1. The Morgan fingerprint density at radius 1 is 1.17 bits per heavy atom. The number of pyridine rings is 2. The van der Waals surface area contributed by atoms with E-state index in [0.29, 0.717) is 35.6 Å². The highest BCUT2D eigenvalue weighted by Crippen LogP contribution is 2.29. The van der Waals surface area contributed by atoms with Crippen LogP contribution in [0.3, 0.4) is 0 Å². The number of amides is 1. The smallest absolute Gasteiger partial charge is 0.335 e. The summed E-state index contributed by atoms with van der Waals surface area (Å²) in [5, 5.41) is 21.0. The predicted molar refractivity (Wildman–Crippen MR) is 170 cm³/mol. The number of rotatable bonds is 11. The number of fused-ring (bicyclic) bond motifs is 1. The van der Waals surface area contributed by atoms with Gasteiger partial charge in [-0.3, -0.25) is 9.78 Å². The Labute approximate surface area is 277 Å². The van der Waals surface area contributed by atoms with Crippen LogP contribution in [0.5, 0.6) is 5.88 Å². The van der Waals surface area contributed by atoms with Crippen LogP contribution in [0.2, 0.25) is 5.02 Å². The Balaban J connectivity index is 1.20. The molecule has 0 saturated carbocycles. The number of carboxylic acid groups (broad SMARTS) is 1. The van der Waals surface area contributed by atoms with E-state index in [0.717, 1.165) is 18.6 Å². The number of ether oxygens (including phenoxy) is 2. The number of halogens is 3. The number of nitrogens with one attached hydrogen (secondary N) is 1. The maximum Gasteiger partial charge on any atom is 0.335 e. The molecule has 4 heterocycles. The second-order valence-electron chi connectivity index (χ2n) is 11.2. The number of aromatic nitrogens is 4. The maximum atomic E-state index is 15.6. The lowest BCUT2D eigenvalue weighted by atomic mass is 10.0. The standard InChI is InChI=1S/C34H27ClF2N6O5/c1-18(14-38)40-33(44)29-13-24(35)21(15-39-29)17-48-32-4-2-3-27(42-32)23-12-25(36)20(9-26(23)37)11-31-41-28-6-5-19(34(45)46)10-30(28)43(31)16-22-7-8-47-22/h2-6,9-10,12-13,15,18,22H,7-8,11,16-17H2,1H3,(H,40,44)(H,45,46)/t18-,22-/m0/s1. The predicted octanol–water partition coefficient (Wildman–Crippen LogP) is 5.72. The van der Waals surface area contributed by atoms with Crippen molar-refractivity contribution in [3.05, 3.63) is 106 Å². The van der Waals surface area contributed by atoms with Gasteiger partial charge in [-0.1, -0.05) is 17.7 Å². The van der Waals surface area contributed by atoms with Gasteiger partial charge in [0.15, 0.2) is 0 Å². The number of aromatic carboxylic acids is 1. The van der Waals surface area contributed by atoms with Gasteiger partial charge in [-0.25, -0.2) is 23.5 Å². The Morgan fingerprint density at radius 3 is 2.69 bits per heavy atom. The van der Waals surface area contributed by atoms with E-state index in [9.17, 15) is 14.7 Å². The van der Waals surface area contributed by atoms with Crippen molar-refractivity contribution in [3.8, 4) is 23.2 Å². The minimum atomic E-state index is -1.08. The number of nitriles is 1. The van der Waals surface area contributed by atoms with Gasteiger partial charge >= 0.3 is 5.97 Å². The molecular weight excluding hydrogens is 646 g/mol. The van der Waals surface area contributed by atoms with Crippen molar-refractivity contribution in [1.82, 2.24) is 24.8 Å². The molecule has 48 heavy (non-hydrogen) atoms. The summed E-state index contributed by atoms with van der Waals surface area (Å²) in [6.07, 6.45) is 2.06. The van der Waals surface area contributed by atoms with E-state index in [1.54, 1.807) is 22.8 Å². The number of benzene rings is 2. The van der Waals surface area contributed by atoms with Crippen LogP contribution in [0.1, 0.15) is 51.1 Å². The van der Waals surface area contributed by atoms with Gasteiger partial charge < -0.3 is 24.5 Å². The van der Waals surface area contributed by atoms with Crippen LogP contribution < -0.4 is 10.1 Å². The first kappa shape index (κ1) is 32.5. The highest BCUT2D eigenvalue weighted by molar-refractivity contribution is 6.31. The van der Waals surface area contributed by atoms with Crippen molar-refractivity contribution >= 4 is 34.5 Å². The van der Waals surface area contributed by atoms with Crippen LogP contribution in [-0.2, 0) is 24.3 Å². The highest BCUT2D eigenvalue weighted by atomic mass is 35.5. The van der Waals surface area contributed by atoms with E-state index in [1.165, 1.54) is 37.4 Å². The molecule has 5 aromatic rings. The zero-order valence-corrected chi connectivity index (χ0v) is 26.2. The number of imidazole rings is 1. The fourth-order valence-corrected chi connectivity index (χ4v) is 5.36. The third kappa shape index (κ3) is 6.95. The highest BCUT2D eigenvalue weighted by Gasteiger charge is 2.24. The fourth-order valence-electron chi connectivity index (χ4n) is 5.16. The summed E-state index contributed by atoms with van der Waals surface area (Å²) in [7, 11) is 0. The van der Waals surface area contributed by atoms with Gasteiger partial charge in [0, 0.05) is 36.4 Å². The fraction of sp³-hybridized carbons (Fsp3) is 0.235. The zero-order chi connectivity index (χ0) is 33.9. The number of hydrogen-bond donors (Lipinski definition) is 2. The molecule has 0 bridgehead atoms. The second-order valence-corrected chi connectivity index (χ2v) is 11.6. The number of carbonyl (C=O) groups is 2. The molecule has 0 aliphatic carbocycles. The summed E-state index contributed by atoms with van der Waals surface area (Å²) < 4.78 is 44.2. The average Bonchev–Trinajstić information content (AvgIpc) is 3.39. The molecule has 0 unspecified atom stereocenters. The monoisotopic (exact) mass is 672 g/mol. The second kappa shape index (κ2) is 13.7. The van der Waals surface area contributed by atoms with E-state index in [2.05, 4.69) is 20.3 Å². The van der Waals surface area contributed by atoms with Crippen molar-refractivity contribution < 1.29 is 33.0 Å². The quantitative estimate of drug-likeness (QED) is 0.179. The SMILES string of the molecule is C[C@@H](C#N)NC(=O)c1cc(Cl)c(COc2cccc(-c3cc(F)c(Cc4nc5ccc(C(=O)O)cc5n4C[C@@H]4CCO4)cc3F)n2)cn1. The molecule has 11 nitrogen and oxygen atoms in total. The van der Waals surface area contributed by atoms with Crippen molar-refractivity contribution in [2.45, 2.75) is 45.1 Å². The van der Waals surface area contributed by atoms with Gasteiger partial charge in [-0.2, -0.15) is 5.26 Å². The molecule has 2 N–H and O–H groups in total. The lowest BCUT2D eigenvalue weighted by molar-refractivity contribution is -0.0589. The van der Waals surface area contributed by atoms with Crippen LogP contribution in [0.25, 0.3) is 22.3 Å². The van der Waals surface area contributed by atoms with Gasteiger partial charge in [0.1, 0.15) is 35.8 Å². The van der Waals surface area contributed by atoms with Crippen molar-refractivity contribution in [2.24, 2.45) is 0 Å². The van der Waals surface area contributed by atoms with E-state index >= 15 is 8.78 Å². The van der Waals surface area contributed by atoms with Crippen LogP contribution in [0.4, 0.5) is 8.78 Å². The minimum absolute atomic E-state index is 0.0314. The molecule has 1 amide bonds. The van der Waals surface area contributed by atoms with Gasteiger partial charge in [0.25, 0.3) is 5.91 Å².